The van der Waals surface area contributed by atoms with Gasteiger partial charge in [0.05, 0.1) is 0 Å². The predicted octanol–water partition coefficient (Wildman–Crippen LogP) is 1.48. The number of thioether (sulfide) groups is 1. The van der Waals surface area contributed by atoms with Crippen molar-refractivity contribution in [2.45, 2.75) is 25.3 Å². The predicted molar refractivity (Wildman–Crippen MR) is 79.8 cm³/mol. The summed E-state index contributed by atoms with van der Waals surface area (Å²) in [6.07, 6.45) is 3.32. The Morgan fingerprint density at radius 1 is 1.55 bits per heavy atom. The van der Waals surface area contributed by atoms with Gasteiger partial charge in [0.15, 0.2) is 0 Å². The molecule has 1 aromatic rings. The number of hydrogen-bond donors (Lipinski definition) is 2. The number of rotatable bonds is 8. The minimum absolute atomic E-state index is 0.00639. The molecule has 2 N–H and O–H groups in total. The molecule has 8 heteroatoms. The highest BCUT2D eigenvalue weighted by Gasteiger charge is 2.21. The Hall–Kier alpha value is -0.990. The summed E-state index contributed by atoms with van der Waals surface area (Å²) >= 11 is 1.65. The van der Waals surface area contributed by atoms with E-state index in [1.165, 1.54) is 16.8 Å². The number of carboxylic acid groups (broad SMARTS) is 1. The fourth-order valence-electron chi connectivity index (χ4n) is 1.75. The van der Waals surface area contributed by atoms with E-state index in [0.29, 0.717) is 13.1 Å². The van der Waals surface area contributed by atoms with Crippen LogP contribution in [-0.2, 0) is 16.6 Å². The summed E-state index contributed by atoms with van der Waals surface area (Å²) in [5, 5.41) is 9.03. The van der Waals surface area contributed by atoms with E-state index in [2.05, 4.69) is 4.72 Å². The smallest absolute Gasteiger partial charge is 0.352 e. The van der Waals surface area contributed by atoms with Gasteiger partial charge in [-0.05, 0) is 30.9 Å². The van der Waals surface area contributed by atoms with Gasteiger partial charge in [0.1, 0.15) is 10.6 Å². The number of aryl methyl sites for hydroxylation is 1. The maximum atomic E-state index is 12.1. The van der Waals surface area contributed by atoms with Crippen molar-refractivity contribution in [3.8, 4) is 0 Å². The Labute approximate surface area is 123 Å². The van der Waals surface area contributed by atoms with Gasteiger partial charge < -0.3 is 9.67 Å². The Morgan fingerprint density at radius 2 is 2.20 bits per heavy atom. The molecule has 0 aromatic carbocycles. The van der Waals surface area contributed by atoms with Gasteiger partial charge in [-0.15, -0.1) is 0 Å². The third-order valence-electron chi connectivity index (χ3n) is 2.81. The largest absolute Gasteiger partial charge is 0.477 e. The summed E-state index contributed by atoms with van der Waals surface area (Å²) in [6, 6.07) is 1.19. The Bertz CT molecular complexity index is 566. The Balaban J connectivity index is 2.90. The van der Waals surface area contributed by atoms with Crippen molar-refractivity contribution in [1.82, 2.24) is 9.29 Å². The summed E-state index contributed by atoms with van der Waals surface area (Å²) in [4.78, 5) is 11.0. The van der Waals surface area contributed by atoms with Crippen molar-refractivity contribution in [2.24, 2.45) is 5.92 Å². The molecule has 0 fully saturated rings. The molecular formula is C12H20N2O4S2. The van der Waals surface area contributed by atoms with Crippen LogP contribution in [0.1, 0.15) is 24.3 Å². The van der Waals surface area contributed by atoms with E-state index in [-0.39, 0.29) is 16.5 Å². The van der Waals surface area contributed by atoms with Gasteiger partial charge in [0.2, 0.25) is 10.0 Å². The van der Waals surface area contributed by atoms with Gasteiger partial charge >= 0.3 is 5.97 Å². The lowest BCUT2D eigenvalue weighted by Crippen LogP contribution is -2.29. The first-order valence-electron chi connectivity index (χ1n) is 6.23. The molecule has 1 unspecified atom stereocenters. The first-order valence-corrected chi connectivity index (χ1v) is 9.11. The van der Waals surface area contributed by atoms with E-state index in [9.17, 15) is 13.2 Å². The number of hydrogen-bond acceptors (Lipinski definition) is 4. The summed E-state index contributed by atoms with van der Waals surface area (Å²) in [5.74, 6) is -0.0604. The van der Waals surface area contributed by atoms with Crippen molar-refractivity contribution in [3.63, 3.8) is 0 Å². The first kappa shape index (κ1) is 17.1. The third kappa shape index (κ3) is 4.26. The first-order chi connectivity index (χ1) is 9.31. The normalized spacial score (nSPS) is 13.3. The van der Waals surface area contributed by atoms with Crippen LogP contribution in [0, 0.1) is 5.92 Å². The third-order valence-corrected chi connectivity index (χ3v) is 5.11. The summed E-state index contributed by atoms with van der Waals surface area (Å²) in [7, 11) is -3.66. The van der Waals surface area contributed by atoms with Gasteiger partial charge in [-0.2, -0.15) is 11.8 Å². The molecule has 1 aromatic heterocycles. The molecule has 0 saturated carbocycles. The standard InChI is InChI=1S/C12H20N2O4S2/c1-4-14-7-10(5-11(14)12(15)16)20(17,18)13-6-9(2)8-19-3/h5,7,9,13H,4,6,8H2,1-3H3,(H,15,16). The molecule has 0 aliphatic rings. The highest BCUT2D eigenvalue weighted by Crippen LogP contribution is 2.15. The van der Waals surface area contributed by atoms with Crippen LogP contribution in [0.5, 0.6) is 0 Å². The van der Waals surface area contributed by atoms with Gasteiger partial charge in [0, 0.05) is 19.3 Å². The number of carboxylic acids is 1. The molecule has 114 valence electrons. The van der Waals surface area contributed by atoms with Gasteiger partial charge in [-0.25, -0.2) is 17.9 Å². The van der Waals surface area contributed by atoms with Gasteiger partial charge in [-0.3, -0.25) is 0 Å². The molecule has 1 heterocycles. The molecule has 0 spiro atoms. The molecule has 0 amide bonds. The molecule has 20 heavy (non-hydrogen) atoms. The molecule has 0 bridgehead atoms. The quantitative estimate of drug-likeness (QED) is 0.757. The summed E-state index contributed by atoms with van der Waals surface area (Å²) in [6.45, 7) is 4.46. The van der Waals surface area contributed by atoms with Crippen LogP contribution in [0.2, 0.25) is 0 Å². The zero-order valence-corrected chi connectivity index (χ0v) is 13.4. The van der Waals surface area contributed by atoms with Crippen LogP contribution in [-0.4, -0.2) is 42.6 Å². The zero-order valence-electron chi connectivity index (χ0n) is 11.8. The fourth-order valence-corrected chi connectivity index (χ4v) is 3.64. The lowest BCUT2D eigenvalue weighted by molar-refractivity contribution is 0.0685. The number of sulfonamides is 1. The highest BCUT2D eigenvalue weighted by molar-refractivity contribution is 7.98. The molecule has 1 atom stereocenters. The van der Waals surface area contributed by atoms with E-state index in [4.69, 9.17) is 5.11 Å². The number of carbonyl (C=O) groups is 1. The van der Waals surface area contributed by atoms with E-state index >= 15 is 0 Å². The Morgan fingerprint density at radius 3 is 2.65 bits per heavy atom. The monoisotopic (exact) mass is 320 g/mol. The van der Waals surface area contributed by atoms with Crippen molar-refractivity contribution in [3.05, 3.63) is 18.0 Å². The number of nitrogens with zero attached hydrogens (tertiary/aromatic N) is 1. The fraction of sp³-hybridized carbons (Fsp3) is 0.583. The summed E-state index contributed by atoms with van der Waals surface area (Å²) in [5.41, 5.74) is -0.0231. The second-order valence-electron chi connectivity index (χ2n) is 4.56. The second kappa shape index (κ2) is 7.14. The minimum atomic E-state index is -3.66. The van der Waals surface area contributed by atoms with Crippen LogP contribution < -0.4 is 4.72 Å². The number of aromatic carboxylic acids is 1. The SMILES string of the molecule is CCn1cc(S(=O)(=O)NCC(C)CSC)cc1C(=O)O. The second-order valence-corrected chi connectivity index (χ2v) is 7.24. The molecule has 6 nitrogen and oxygen atoms in total. The van der Waals surface area contributed by atoms with Crippen LogP contribution in [0.25, 0.3) is 0 Å². The van der Waals surface area contributed by atoms with Crippen LogP contribution in [0.15, 0.2) is 17.2 Å². The zero-order chi connectivity index (χ0) is 15.3. The van der Waals surface area contributed by atoms with E-state index in [1.807, 2.05) is 13.2 Å². The van der Waals surface area contributed by atoms with E-state index < -0.39 is 16.0 Å². The maximum absolute atomic E-state index is 12.1. The summed E-state index contributed by atoms with van der Waals surface area (Å²) < 4.78 is 28.2. The van der Waals surface area contributed by atoms with Crippen molar-refractivity contribution in [2.75, 3.05) is 18.6 Å². The molecule has 0 aliphatic heterocycles. The van der Waals surface area contributed by atoms with Crippen LogP contribution in [0.4, 0.5) is 0 Å². The molecule has 1 rings (SSSR count). The molecule has 0 radical (unpaired) electrons. The number of aromatic nitrogens is 1. The van der Waals surface area contributed by atoms with Gasteiger partial charge in [0.25, 0.3) is 0 Å². The minimum Gasteiger partial charge on any atom is -0.477 e. The van der Waals surface area contributed by atoms with E-state index in [0.717, 1.165) is 5.75 Å². The van der Waals surface area contributed by atoms with Crippen LogP contribution in [0.3, 0.4) is 0 Å². The topological polar surface area (TPSA) is 88.4 Å². The Kier molecular flexibility index (Phi) is 6.09. The average molecular weight is 320 g/mol. The molecule has 0 aliphatic carbocycles. The number of nitrogens with one attached hydrogen (secondary N) is 1. The van der Waals surface area contributed by atoms with E-state index in [1.54, 1.807) is 18.7 Å². The lowest BCUT2D eigenvalue weighted by Gasteiger charge is -2.10. The van der Waals surface area contributed by atoms with Gasteiger partial charge in [-0.1, -0.05) is 6.92 Å². The lowest BCUT2D eigenvalue weighted by atomic mass is 10.2. The highest BCUT2D eigenvalue weighted by atomic mass is 32.2. The van der Waals surface area contributed by atoms with Crippen molar-refractivity contribution < 1.29 is 18.3 Å². The molecule has 0 saturated heterocycles. The maximum Gasteiger partial charge on any atom is 0.352 e. The van der Waals surface area contributed by atoms with Crippen molar-refractivity contribution in [1.29, 1.82) is 0 Å². The van der Waals surface area contributed by atoms with Crippen molar-refractivity contribution >= 4 is 27.8 Å². The van der Waals surface area contributed by atoms with Crippen LogP contribution >= 0.6 is 11.8 Å². The average Bonchev–Trinajstić information content (AvgIpc) is 2.82. The molecular weight excluding hydrogens is 300 g/mol.